The molecule has 0 fully saturated rings. The van der Waals surface area contributed by atoms with Gasteiger partial charge in [-0.2, -0.15) is 13.2 Å². The molecular formula is C13H16F3N3O2. The van der Waals surface area contributed by atoms with Gasteiger partial charge in [0.25, 0.3) is 5.91 Å². The van der Waals surface area contributed by atoms with Crippen LogP contribution in [0.4, 0.5) is 18.9 Å². The molecule has 1 aromatic carbocycles. The molecule has 1 rings (SSSR count). The zero-order valence-corrected chi connectivity index (χ0v) is 11.6. The second-order valence-corrected chi connectivity index (χ2v) is 4.63. The Hall–Kier alpha value is -2.25. The zero-order valence-electron chi connectivity index (χ0n) is 11.6. The Morgan fingerprint density at radius 1 is 1.33 bits per heavy atom. The van der Waals surface area contributed by atoms with E-state index >= 15 is 0 Å². The summed E-state index contributed by atoms with van der Waals surface area (Å²) in [6.45, 7) is -0.200. The lowest BCUT2D eigenvalue weighted by molar-refractivity contribution is -0.138. The largest absolute Gasteiger partial charge is 0.405 e. The SMILES string of the molecule is Cc1cc(N)ccc1C(=O)N(C)CC(=O)NCC(F)(F)F. The minimum absolute atomic E-state index is 0.343. The van der Waals surface area contributed by atoms with Crippen LogP contribution < -0.4 is 11.1 Å². The first-order valence-electron chi connectivity index (χ1n) is 6.05. The summed E-state index contributed by atoms with van der Waals surface area (Å²) in [5.74, 6) is -1.34. The predicted octanol–water partition coefficient (Wildman–Crippen LogP) is 1.33. The van der Waals surface area contributed by atoms with Crippen molar-refractivity contribution in [3.05, 3.63) is 29.3 Å². The number of nitrogens with one attached hydrogen (secondary N) is 1. The van der Waals surface area contributed by atoms with Gasteiger partial charge in [0.2, 0.25) is 5.91 Å². The number of rotatable bonds is 4. The highest BCUT2D eigenvalue weighted by Crippen LogP contribution is 2.14. The minimum atomic E-state index is -4.48. The van der Waals surface area contributed by atoms with Gasteiger partial charge in [-0.15, -0.1) is 0 Å². The number of amides is 2. The van der Waals surface area contributed by atoms with E-state index in [9.17, 15) is 22.8 Å². The van der Waals surface area contributed by atoms with Gasteiger partial charge in [0.05, 0.1) is 6.54 Å². The highest BCUT2D eigenvalue weighted by Gasteiger charge is 2.28. The lowest BCUT2D eigenvalue weighted by atomic mass is 10.1. The molecule has 21 heavy (non-hydrogen) atoms. The van der Waals surface area contributed by atoms with Crippen LogP contribution in [0.2, 0.25) is 0 Å². The summed E-state index contributed by atoms with van der Waals surface area (Å²) < 4.78 is 35.9. The maximum Gasteiger partial charge on any atom is 0.405 e. The van der Waals surface area contributed by atoms with Crippen molar-refractivity contribution in [2.24, 2.45) is 0 Å². The quantitative estimate of drug-likeness (QED) is 0.824. The molecule has 0 aliphatic carbocycles. The van der Waals surface area contributed by atoms with Gasteiger partial charge in [-0.05, 0) is 30.7 Å². The first kappa shape index (κ1) is 16.8. The van der Waals surface area contributed by atoms with Crippen molar-refractivity contribution >= 4 is 17.5 Å². The highest BCUT2D eigenvalue weighted by atomic mass is 19.4. The molecule has 0 heterocycles. The molecule has 0 aliphatic rings. The van der Waals surface area contributed by atoms with Gasteiger partial charge in [-0.3, -0.25) is 9.59 Å². The van der Waals surface area contributed by atoms with Crippen molar-refractivity contribution in [1.82, 2.24) is 10.2 Å². The van der Waals surface area contributed by atoms with E-state index in [1.165, 1.54) is 19.2 Å². The van der Waals surface area contributed by atoms with Gasteiger partial charge in [0.15, 0.2) is 0 Å². The fourth-order valence-corrected chi connectivity index (χ4v) is 1.67. The fraction of sp³-hybridized carbons (Fsp3) is 0.385. The summed E-state index contributed by atoms with van der Waals surface area (Å²) in [6.07, 6.45) is -4.48. The topological polar surface area (TPSA) is 75.4 Å². The average Bonchev–Trinajstić information content (AvgIpc) is 2.34. The minimum Gasteiger partial charge on any atom is -0.399 e. The van der Waals surface area contributed by atoms with Crippen molar-refractivity contribution in [2.45, 2.75) is 13.1 Å². The molecule has 0 unspecified atom stereocenters. The van der Waals surface area contributed by atoms with Crippen LogP contribution in [0.25, 0.3) is 0 Å². The number of aryl methyl sites for hydroxylation is 1. The molecule has 116 valence electrons. The maximum absolute atomic E-state index is 12.1. The Morgan fingerprint density at radius 3 is 2.48 bits per heavy atom. The number of nitrogen functional groups attached to an aromatic ring is 1. The summed E-state index contributed by atoms with van der Waals surface area (Å²) >= 11 is 0. The van der Waals surface area contributed by atoms with E-state index in [-0.39, 0.29) is 0 Å². The van der Waals surface area contributed by atoms with Crippen molar-refractivity contribution < 1.29 is 22.8 Å². The van der Waals surface area contributed by atoms with Gasteiger partial charge in [-0.1, -0.05) is 0 Å². The molecule has 0 aromatic heterocycles. The first-order chi connectivity index (χ1) is 9.60. The van der Waals surface area contributed by atoms with E-state index in [4.69, 9.17) is 5.73 Å². The Labute approximate surface area is 119 Å². The number of nitrogens with two attached hydrogens (primary N) is 1. The third-order valence-electron chi connectivity index (χ3n) is 2.69. The Morgan fingerprint density at radius 2 is 1.95 bits per heavy atom. The van der Waals surface area contributed by atoms with Crippen LogP contribution in [0.1, 0.15) is 15.9 Å². The van der Waals surface area contributed by atoms with Crippen molar-refractivity contribution in [3.8, 4) is 0 Å². The summed E-state index contributed by atoms with van der Waals surface area (Å²) in [5, 5.41) is 1.71. The fourth-order valence-electron chi connectivity index (χ4n) is 1.67. The summed E-state index contributed by atoms with van der Waals surface area (Å²) in [4.78, 5) is 24.5. The van der Waals surface area contributed by atoms with E-state index in [2.05, 4.69) is 0 Å². The molecule has 0 atom stereocenters. The second-order valence-electron chi connectivity index (χ2n) is 4.63. The Kier molecular flexibility index (Phi) is 5.17. The number of carbonyl (C=O) groups excluding carboxylic acids is 2. The van der Waals surface area contributed by atoms with Gasteiger partial charge in [-0.25, -0.2) is 0 Å². The Bertz CT molecular complexity index is 544. The highest BCUT2D eigenvalue weighted by molar-refractivity contribution is 5.97. The molecule has 0 saturated carbocycles. The molecule has 3 N–H and O–H groups in total. The van der Waals surface area contributed by atoms with Crippen molar-refractivity contribution in [3.63, 3.8) is 0 Å². The van der Waals surface area contributed by atoms with Crippen LogP contribution in [-0.2, 0) is 4.79 Å². The number of hydrogen-bond acceptors (Lipinski definition) is 3. The van der Waals surface area contributed by atoms with Crippen LogP contribution in [0.5, 0.6) is 0 Å². The van der Waals surface area contributed by atoms with Crippen LogP contribution in [0.15, 0.2) is 18.2 Å². The number of hydrogen-bond donors (Lipinski definition) is 2. The van der Waals surface area contributed by atoms with Crippen LogP contribution >= 0.6 is 0 Å². The van der Waals surface area contributed by atoms with E-state index in [1.54, 1.807) is 18.3 Å². The molecule has 1 aromatic rings. The van der Waals surface area contributed by atoms with E-state index in [1.807, 2.05) is 0 Å². The normalized spacial score (nSPS) is 11.1. The molecule has 0 radical (unpaired) electrons. The second kappa shape index (κ2) is 6.47. The van der Waals surface area contributed by atoms with Gasteiger partial charge < -0.3 is 16.0 Å². The summed E-state index contributed by atoms with van der Waals surface area (Å²) in [7, 11) is 1.34. The molecular weight excluding hydrogens is 287 g/mol. The van der Waals surface area contributed by atoms with Gasteiger partial charge in [0.1, 0.15) is 6.54 Å². The monoisotopic (exact) mass is 303 g/mol. The molecule has 5 nitrogen and oxygen atoms in total. The molecule has 0 saturated heterocycles. The van der Waals surface area contributed by atoms with E-state index < -0.39 is 31.1 Å². The number of likely N-dealkylation sites (N-methyl/N-ethyl adjacent to an activating group) is 1. The van der Waals surface area contributed by atoms with E-state index in [0.717, 1.165) is 4.90 Å². The zero-order chi connectivity index (χ0) is 16.2. The first-order valence-corrected chi connectivity index (χ1v) is 6.05. The number of carbonyl (C=O) groups is 2. The maximum atomic E-state index is 12.1. The van der Waals surface area contributed by atoms with Crippen LogP contribution in [0, 0.1) is 6.92 Å². The van der Waals surface area contributed by atoms with E-state index in [0.29, 0.717) is 16.8 Å². The van der Waals surface area contributed by atoms with Crippen LogP contribution in [-0.4, -0.2) is 43.0 Å². The van der Waals surface area contributed by atoms with Crippen molar-refractivity contribution in [1.29, 1.82) is 0 Å². The number of benzene rings is 1. The molecule has 0 bridgehead atoms. The predicted molar refractivity (Wildman–Crippen MR) is 71.6 cm³/mol. The van der Waals surface area contributed by atoms with Gasteiger partial charge in [0, 0.05) is 18.3 Å². The third kappa shape index (κ3) is 5.33. The van der Waals surface area contributed by atoms with Crippen molar-refractivity contribution in [2.75, 3.05) is 25.9 Å². The number of nitrogens with zero attached hydrogens (tertiary/aromatic N) is 1. The summed E-state index contributed by atoms with van der Waals surface area (Å²) in [6, 6.07) is 4.65. The lowest BCUT2D eigenvalue weighted by Crippen LogP contribution is -2.41. The molecule has 0 aliphatic heterocycles. The number of alkyl halides is 3. The van der Waals surface area contributed by atoms with Gasteiger partial charge >= 0.3 is 6.18 Å². The Balaban J connectivity index is 2.64. The molecule has 2 amide bonds. The lowest BCUT2D eigenvalue weighted by Gasteiger charge is -2.18. The standard InChI is InChI=1S/C13H16F3N3O2/c1-8-5-9(17)3-4-10(8)12(21)19(2)6-11(20)18-7-13(14,15)16/h3-5H,6-7,17H2,1-2H3,(H,18,20). The smallest absolute Gasteiger partial charge is 0.399 e. The number of halogens is 3. The average molecular weight is 303 g/mol. The summed E-state index contributed by atoms with van der Waals surface area (Å²) in [5.41, 5.74) is 7.03. The third-order valence-corrected chi connectivity index (χ3v) is 2.69. The molecule has 8 heteroatoms. The number of anilines is 1. The molecule has 0 spiro atoms. The van der Waals surface area contributed by atoms with Crippen LogP contribution in [0.3, 0.4) is 0 Å².